The summed E-state index contributed by atoms with van der Waals surface area (Å²) in [6.07, 6.45) is 2.03. The number of hydrogen-bond acceptors (Lipinski definition) is 3. The van der Waals surface area contributed by atoms with E-state index in [1.807, 2.05) is 0 Å². The topological polar surface area (TPSA) is 77.0 Å². The van der Waals surface area contributed by atoms with E-state index in [1.54, 1.807) is 12.1 Å². The Kier molecular flexibility index (Phi) is 2.85. The van der Waals surface area contributed by atoms with Crippen LogP contribution in [0.1, 0.15) is 19.8 Å². The van der Waals surface area contributed by atoms with E-state index >= 15 is 0 Å². The molecule has 0 bridgehead atoms. The number of hydrogen-bond donors (Lipinski definition) is 1. The number of anilines is 1. The summed E-state index contributed by atoms with van der Waals surface area (Å²) in [7, 11) is 0. The van der Waals surface area contributed by atoms with Crippen molar-refractivity contribution in [3.8, 4) is 5.75 Å². The summed E-state index contributed by atoms with van der Waals surface area (Å²) in [4.78, 5) is 18.4. The van der Waals surface area contributed by atoms with Crippen molar-refractivity contribution in [2.24, 2.45) is 9.98 Å². The van der Waals surface area contributed by atoms with Crippen LogP contribution in [0.15, 0.2) is 22.1 Å². The fourth-order valence-electron chi connectivity index (χ4n) is 1.44. The first kappa shape index (κ1) is 10.6. The minimum Gasteiger partial charge on any atom is -0.491 e. The second-order valence-corrected chi connectivity index (χ2v) is 3.59. The molecule has 2 rings (SSSR count). The van der Waals surface area contributed by atoms with E-state index < -0.39 is 6.03 Å². The molecule has 2 amide bonds. The minimum absolute atomic E-state index is 0.486. The largest absolute Gasteiger partial charge is 0.491 e. The van der Waals surface area contributed by atoms with E-state index in [0.717, 1.165) is 12.8 Å². The zero-order valence-corrected chi connectivity index (χ0v) is 9.06. The lowest BCUT2D eigenvalue weighted by atomic mass is 10.2. The maximum atomic E-state index is 11.0. The van der Waals surface area contributed by atoms with Gasteiger partial charge in [0.25, 0.3) is 0 Å². The molecule has 5 heteroatoms. The van der Waals surface area contributed by atoms with Gasteiger partial charge in [-0.1, -0.05) is 13.3 Å². The van der Waals surface area contributed by atoms with Crippen LogP contribution in [0.2, 0.25) is 0 Å². The standard InChI is InChI=1S/C11H13N3O2/c1-2-3-4-16-10-6-9-8(5-7(10)12)13-11(15)14-9/h5-6H,2-4,12H2,1H3. The Morgan fingerprint density at radius 1 is 1.31 bits per heavy atom. The van der Waals surface area contributed by atoms with Gasteiger partial charge in [-0.2, -0.15) is 9.98 Å². The van der Waals surface area contributed by atoms with Gasteiger partial charge in [0.1, 0.15) is 5.75 Å². The molecular formula is C11H13N3O2. The summed E-state index contributed by atoms with van der Waals surface area (Å²) in [6, 6.07) is 2.79. The Balaban J connectivity index is 2.29. The second kappa shape index (κ2) is 4.30. The molecule has 0 saturated heterocycles. The van der Waals surface area contributed by atoms with Crippen molar-refractivity contribution < 1.29 is 9.53 Å². The average Bonchev–Trinajstić information content (AvgIpc) is 2.58. The van der Waals surface area contributed by atoms with Gasteiger partial charge in [-0.05, 0) is 12.5 Å². The monoisotopic (exact) mass is 219 g/mol. The van der Waals surface area contributed by atoms with Crippen molar-refractivity contribution in [3.05, 3.63) is 22.8 Å². The molecule has 0 aromatic heterocycles. The van der Waals surface area contributed by atoms with Crippen molar-refractivity contribution >= 4 is 11.7 Å². The number of amides is 2. The van der Waals surface area contributed by atoms with Crippen LogP contribution in [0.25, 0.3) is 0 Å². The molecule has 1 aliphatic rings. The number of rotatable bonds is 4. The van der Waals surface area contributed by atoms with Gasteiger partial charge in [0.05, 0.1) is 23.0 Å². The summed E-state index contributed by atoms with van der Waals surface area (Å²) in [5, 5.41) is 1.05. The van der Waals surface area contributed by atoms with Gasteiger partial charge in [-0.3, -0.25) is 0 Å². The summed E-state index contributed by atoms with van der Waals surface area (Å²) >= 11 is 0. The Morgan fingerprint density at radius 2 is 2.00 bits per heavy atom. The third-order valence-corrected chi connectivity index (χ3v) is 2.29. The Bertz CT molecular complexity index is 537. The maximum Gasteiger partial charge on any atom is 0.368 e. The maximum absolute atomic E-state index is 11.0. The number of nitrogens with two attached hydrogens (primary N) is 1. The van der Waals surface area contributed by atoms with Crippen molar-refractivity contribution in [1.82, 2.24) is 0 Å². The zero-order valence-electron chi connectivity index (χ0n) is 9.06. The van der Waals surface area contributed by atoms with Crippen LogP contribution in [-0.4, -0.2) is 12.6 Å². The van der Waals surface area contributed by atoms with Gasteiger partial charge in [0.2, 0.25) is 0 Å². The molecule has 0 atom stereocenters. The van der Waals surface area contributed by atoms with Gasteiger partial charge in [0, 0.05) is 6.07 Å². The SMILES string of the molecule is CCCCOc1cc2c(cc1N)=NC(=O)N=2. The third-order valence-electron chi connectivity index (χ3n) is 2.29. The highest BCUT2D eigenvalue weighted by Gasteiger charge is 2.09. The van der Waals surface area contributed by atoms with Crippen LogP contribution in [0.3, 0.4) is 0 Å². The van der Waals surface area contributed by atoms with Crippen molar-refractivity contribution in [2.45, 2.75) is 19.8 Å². The molecule has 1 aliphatic heterocycles. The lowest BCUT2D eigenvalue weighted by Crippen LogP contribution is -2.22. The summed E-state index contributed by atoms with van der Waals surface area (Å²) < 4.78 is 5.50. The van der Waals surface area contributed by atoms with Crippen molar-refractivity contribution in [1.29, 1.82) is 0 Å². The fourth-order valence-corrected chi connectivity index (χ4v) is 1.44. The number of fused-ring (bicyclic) bond motifs is 1. The van der Waals surface area contributed by atoms with Crippen LogP contribution in [-0.2, 0) is 0 Å². The molecule has 84 valence electrons. The number of benzene rings is 1. The molecule has 16 heavy (non-hydrogen) atoms. The quantitative estimate of drug-likeness (QED) is 0.601. The number of unbranched alkanes of at least 4 members (excludes halogenated alkanes) is 1. The molecular weight excluding hydrogens is 206 g/mol. The van der Waals surface area contributed by atoms with Gasteiger partial charge in [0.15, 0.2) is 0 Å². The molecule has 0 spiro atoms. The highest BCUT2D eigenvalue weighted by molar-refractivity contribution is 5.77. The predicted molar refractivity (Wildman–Crippen MR) is 59.0 cm³/mol. The Hall–Kier alpha value is -1.91. The molecule has 1 aromatic rings. The van der Waals surface area contributed by atoms with Gasteiger partial charge < -0.3 is 10.5 Å². The first-order valence-corrected chi connectivity index (χ1v) is 5.24. The van der Waals surface area contributed by atoms with E-state index in [9.17, 15) is 4.79 Å². The number of nitrogen functional groups attached to an aromatic ring is 1. The van der Waals surface area contributed by atoms with E-state index in [1.165, 1.54) is 0 Å². The predicted octanol–water partition coefficient (Wildman–Crippen LogP) is 0.820. The minimum atomic E-state index is -0.486. The van der Waals surface area contributed by atoms with Gasteiger partial charge in [-0.25, -0.2) is 4.79 Å². The molecule has 0 saturated carbocycles. The van der Waals surface area contributed by atoms with Gasteiger partial charge >= 0.3 is 6.03 Å². The summed E-state index contributed by atoms with van der Waals surface area (Å²) in [6.45, 7) is 2.70. The number of nitrogens with zero attached hydrogens (tertiary/aromatic N) is 2. The Morgan fingerprint density at radius 3 is 2.69 bits per heavy atom. The lowest BCUT2D eigenvalue weighted by molar-refractivity contribution is 0.256. The van der Waals surface area contributed by atoms with E-state index in [2.05, 4.69) is 16.9 Å². The number of carbonyl (C=O) groups is 1. The number of carbonyl (C=O) groups excluding carboxylic acids is 1. The molecule has 2 N–H and O–H groups in total. The van der Waals surface area contributed by atoms with Crippen LogP contribution in [0.4, 0.5) is 10.5 Å². The zero-order chi connectivity index (χ0) is 11.5. The van der Waals surface area contributed by atoms with E-state index in [-0.39, 0.29) is 0 Å². The Labute approximate surface area is 92.7 Å². The molecule has 1 heterocycles. The highest BCUT2D eigenvalue weighted by atomic mass is 16.5. The highest BCUT2D eigenvalue weighted by Crippen LogP contribution is 2.17. The van der Waals surface area contributed by atoms with Gasteiger partial charge in [-0.15, -0.1) is 0 Å². The van der Waals surface area contributed by atoms with E-state index in [0.29, 0.717) is 28.8 Å². The molecule has 0 aliphatic carbocycles. The first-order chi connectivity index (χ1) is 7.70. The molecule has 0 fully saturated rings. The van der Waals surface area contributed by atoms with Crippen LogP contribution < -0.4 is 21.2 Å². The van der Waals surface area contributed by atoms with Crippen LogP contribution in [0, 0.1) is 0 Å². The van der Waals surface area contributed by atoms with Crippen LogP contribution in [0.5, 0.6) is 5.75 Å². The third kappa shape index (κ3) is 2.03. The normalized spacial score (nSPS) is 12.9. The summed E-state index contributed by atoms with van der Waals surface area (Å²) in [5.41, 5.74) is 6.27. The molecule has 5 nitrogen and oxygen atoms in total. The smallest absolute Gasteiger partial charge is 0.368 e. The molecule has 0 unspecified atom stereocenters. The molecule has 1 aromatic carbocycles. The molecule has 0 radical (unpaired) electrons. The second-order valence-electron chi connectivity index (χ2n) is 3.59. The van der Waals surface area contributed by atoms with Crippen molar-refractivity contribution in [2.75, 3.05) is 12.3 Å². The van der Waals surface area contributed by atoms with Crippen LogP contribution >= 0.6 is 0 Å². The van der Waals surface area contributed by atoms with E-state index in [4.69, 9.17) is 10.5 Å². The average molecular weight is 219 g/mol. The first-order valence-electron chi connectivity index (χ1n) is 5.24. The van der Waals surface area contributed by atoms with Crippen molar-refractivity contribution in [3.63, 3.8) is 0 Å². The number of urea groups is 1. The number of ether oxygens (including phenoxy) is 1. The lowest BCUT2D eigenvalue weighted by Gasteiger charge is -2.07. The summed E-state index contributed by atoms with van der Waals surface area (Å²) in [5.74, 6) is 0.570. The fraction of sp³-hybridized carbons (Fsp3) is 0.364.